The van der Waals surface area contributed by atoms with Gasteiger partial charge in [-0.2, -0.15) is 0 Å². The summed E-state index contributed by atoms with van der Waals surface area (Å²) in [6.45, 7) is 1.28. The first-order valence-corrected chi connectivity index (χ1v) is 10.1. The summed E-state index contributed by atoms with van der Waals surface area (Å²) in [5.74, 6) is 0.189. The second kappa shape index (κ2) is 8.18. The van der Waals surface area contributed by atoms with Crippen molar-refractivity contribution in [3.8, 4) is 16.9 Å². The van der Waals surface area contributed by atoms with Crippen molar-refractivity contribution < 1.29 is 14.6 Å². The number of nitrogens with zero attached hydrogens (tertiary/aromatic N) is 1. The average Bonchev–Trinajstić information content (AvgIpc) is 2.72. The molecule has 0 spiro atoms. The van der Waals surface area contributed by atoms with Crippen LogP contribution in [0.25, 0.3) is 11.1 Å². The zero-order chi connectivity index (χ0) is 19.5. The lowest BCUT2D eigenvalue weighted by Gasteiger charge is -2.27. The molecular formula is C22H19IN2O3. The molecule has 1 aliphatic heterocycles. The number of ether oxygens (including phenoxy) is 1. The van der Waals surface area contributed by atoms with Crippen molar-refractivity contribution >= 4 is 34.2 Å². The lowest BCUT2D eigenvalue weighted by Crippen LogP contribution is -2.21. The Morgan fingerprint density at radius 3 is 2.75 bits per heavy atom. The van der Waals surface area contributed by atoms with E-state index in [1.807, 2.05) is 0 Å². The fourth-order valence-corrected chi connectivity index (χ4v) is 3.81. The molecule has 1 atom stereocenters. The minimum absolute atomic E-state index is 0.233. The van der Waals surface area contributed by atoms with Gasteiger partial charge in [0.2, 0.25) is 0 Å². The van der Waals surface area contributed by atoms with E-state index in [0.29, 0.717) is 18.8 Å². The number of hydrogen-bond acceptors (Lipinski definition) is 4. The topological polar surface area (TPSA) is 71.5 Å². The quantitative estimate of drug-likeness (QED) is 0.496. The minimum atomic E-state index is -0.959. The number of carbonyl (C=O) groups is 1. The molecule has 1 aliphatic rings. The van der Waals surface area contributed by atoms with E-state index in [-0.39, 0.29) is 11.5 Å². The molecule has 0 saturated carbocycles. The molecule has 4 rings (SSSR count). The third kappa shape index (κ3) is 3.96. The Kier molecular flexibility index (Phi) is 5.47. The number of carboxylic acids is 1. The van der Waals surface area contributed by atoms with Gasteiger partial charge in [-0.05, 0) is 70.0 Å². The molecule has 2 N–H and O–H groups in total. The maximum absolute atomic E-state index is 11.4. The molecule has 5 nitrogen and oxygen atoms in total. The number of aromatic nitrogens is 1. The zero-order valence-electron chi connectivity index (χ0n) is 15.1. The molecule has 28 heavy (non-hydrogen) atoms. The highest BCUT2D eigenvalue weighted by Gasteiger charge is 2.22. The van der Waals surface area contributed by atoms with Crippen LogP contribution in [0.4, 0.5) is 5.69 Å². The zero-order valence-corrected chi connectivity index (χ0v) is 17.2. The highest BCUT2D eigenvalue weighted by molar-refractivity contribution is 14.1. The molecule has 2 aromatic carbocycles. The second-order valence-electron chi connectivity index (χ2n) is 6.70. The van der Waals surface area contributed by atoms with Gasteiger partial charge in [0.1, 0.15) is 5.75 Å². The first kappa shape index (κ1) is 18.7. The standard InChI is InChI=1S/C22H19IN2O3/c23-17-4-1-14(2-5-17)15-3-6-18-16(8-10-28-21(18)11-15)12-25-20-13-24-9-7-19(20)22(26)27/h1-7,9,11,13,16,25H,8,10,12H2,(H,26,27)/t16-/m1/s1. The van der Waals surface area contributed by atoms with Gasteiger partial charge in [0, 0.05) is 22.2 Å². The molecule has 2 heterocycles. The Morgan fingerprint density at radius 1 is 1.18 bits per heavy atom. The predicted molar refractivity (Wildman–Crippen MR) is 117 cm³/mol. The highest BCUT2D eigenvalue weighted by Crippen LogP contribution is 2.37. The average molecular weight is 486 g/mol. The number of halogens is 1. The van der Waals surface area contributed by atoms with Crippen molar-refractivity contribution in [1.82, 2.24) is 4.98 Å². The van der Waals surface area contributed by atoms with Gasteiger partial charge in [-0.25, -0.2) is 4.79 Å². The van der Waals surface area contributed by atoms with Gasteiger partial charge < -0.3 is 15.2 Å². The number of aromatic carboxylic acids is 1. The third-order valence-corrected chi connectivity index (χ3v) is 5.66. The van der Waals surface area contributed by atoms with E-state index in [2.05, 4.69) is 75.4 Å². The summed E-state index contributed by atoms with van der Waals surface area (Å²) in [7, 11) is 0. The molecule has 0 saturated heterocycles. The number of hydrogen-bond donors (Lipinski definition) is 2. The summed E-state index contributed by atoms with van der Waals surface area (Å²) >= 11 is 2.30. The van der Waals surface area contributed by atoms with E-state index in [9.17, 15) is 9.90 Å². The summed E-state index contributed by atoms with van der Waals surface area (Å²) in [5.41, 5.74) is 4.21. The van der Waals surface area contributed by atoms with E-state index in [1.165, 1.54) is 15.8 Å². The van der Waals surface area contributed by atoms with Crippen molar-refractivity contribution in [2.45, 2.75) is 12.3 Å². The molecule has 0 bridgehead atoms. The molecule has 1 aromatic heterocycles. The number of nitrogens with one attached hydrogen (secondary N) is 1. The molecule has 3 aromatic rings. The molecule has 142 valence electrons. The van der Waals surface area contributed by atoms with Crippen LogP contribution in [0, 0.1) is 3.57 Å². The maximum atomic E-state index is 11.4. The van der Waals surface area contributed by atoms with Crippen LogP contribution in [0.15, 0.2) is 60.9 Å². The van der Waals surface area contributed by atoms with Crippen molar-refractivity contribution in [3.05, 3.63) is 75.6 Å². The fraction of sp³-hybridized carbons (Fsp3) is 0.182. The molecule has 0 aliphatic carbocycles. The summed E-state index contributed by atoms with van der Waals surface area (Å²) in [6, 6.07) is 16.3. The molecule has 0 fully saturated rings. The van der Waals surface area contributed by atoms with Crippen LogP contribution in [0.3, 0.4) is 0 Å². The molecule has 0 unspecified atom stereocenters. The summed E-state index contributed by atoms with van der Waals surface area (Å²) in [4.78, 5) is 15.4. The van der Waals surface area contributed by atoms with Gasteiger partial charge in [0.05, 0.1) is 24.1 Å². The summed E-state index contributed by atoms with van der Waals surface area (Å²) < 4.78 is 7.12. The van der Waals surface area contributed by atoms with Crippen LogP contribution in [0.5, 0.6) is 5.75 Å². The maximum Gasteiger partial charge on any atom is 0.337 e. The van der Waals surface area contributed by atoms with Crippen LogP contribution >= 0.6 is 22.6 Å². The van der Waals surface area contributed by atoms with Crippen LogP contribution in [-0.4, -0.2) is 29.2 Å². The number of carboxylic acid groups (broad SMARTS) is 1. The SMILES string of the molecule is O=C(O)c1ccncc1NC[C@H]1CCOc2cc(-c3ccc(I)cc3)ccc21. The monoisotopic (exact) mass is 486 g/mol. The number of benzene rings is 2. The first-order valence-electron chi connectivity index (χ1n) is 9.05. The molecule has 0 amide bonds. The van der Waals surface area contributed by atoms with Gasteiger partial charge in [-0.3, -0.25) is 4.98 Å². The van der Waals surface area contributed by atoms with Crippen LogP contribution < -0.4 is 10.1 Å². The van der Waals surface area contributed by atoms with Gasteiger partial charge in [0.15, 0.2) is 0 Å². The number of anilines is 1. The third-order valence-electron chi connectivity index (χ3n) is 4.95. The second-order valence-corrected chi connectivity index (χ2v) is 7.95. The van der Waals surface area contributed by atoms with Gasteiger partial charge in [-0.15, -0.1) is 0 Å². The largest absolute Gasteiger partial charge is 0.493 e. The Balaban J connectivity index is 1.54. The summed E-state index contributed by atoms with van der Waals surface area (Å²) in [5, 5.41) is 12.6. The van der Waals surface area contributed by atoms with Crippen molar-refractivity contribution in [1.29, 1.82) is 0 Å². The van der Waals surface area contributed by atoms with E-state index in [1.54, 1.807) is 6.20 Å². The molecular weight excluding hydrogens is 467 g/mol. The normalized spacial score (nSPS) is 15.4. The van der Waals surface area contributed by atoms with Gasteiger partial charge >= 0.3 is 5.97 Å². The van der Waals surface area contributed by atoms with Crippen molar-refractivity contribution in [2.75, 3.05) is 18.5 Å². The Morgan fingerprint density at radius 2 is 1.96 bits per heavy atom. The predicted octanol–water partition coefficient (Wildman–Crippen LogP) is 5.03. The first-order chi connectivity index (χ1) is 13.6. The van der Waals surface area contributed by atoms with E-state index < -0.39 is 5.97 Å². The van der Waals surface area contributed by atoms with E-state index in [0.717, 1.165) is 28.9 Å². The summed E-state index contributed by atoms with van der Waals surface area (Å²) in [6.07, 6.45) is 3.93. The lowest BCUT2D eigenvalue weighted by atomic mass is 9.91. The lowest BCUT2D eigenvalue weighted by molar-refractivity contribution is 0.0697. The minimum Gasteiger partial charge on any atom is -0.493 e. The number of pyridine rings is 1. The molecule has 0 radical (unpaired) electrons. The van der Waals surface area contributed by atoms with Gasteiger partial charge in [0.25, 0.3) is 0 Å². The highest BCUT2D eigenvalue weighted by atomic mass is 127. The number of rotatable bonds is 5. The number of fused-ring (bicyclic) bond motifs is 1. The van der Waals surface area contributed by atoms with Crippen molar-refractivity contribution in [3.63, 3.8) is 0 Å². The smallest absolute Gasteiger partial charge is 0.337 e. The van der Waals surface area contributed by atoms with Gasteiger partial charge in [-0.1, -0.05) is 24.3 Å². The molecule has 6 heteroatoms. The van der Waals surface area contributed by atoms with E-state index in [4.69, 9.17) is 4.74 Å². The van der Waals surface area contributed by atoms with E-state index >= 15 is 0 Å². The Hall–Kier alpha value is -2.61. The van der Waals surface area contributed by atoms with Crippen LogP contribution in [-0.2, 0) is 0 Å². The van der Waals surface area contributed by atoms with Crippen molar-refractivity contribution in [2.24, 2.45) is 0 Å². The Bertz CT molecular complexity index is 1000. The Labute approximate surface area is 176 Å². The van der Waals surface area contributed by atoms with Crippen LogP contribution in [0.2, 0.25) is 0 Å². The fourth-order valence-electron chi connectivity index (χ4n) is 3.45. The van der Waals surface area contributed by atoms with Crippen LogP contribution in [0.1, 0.15) is 28.3 Å².